The van der Waals surface area contributed by atoms with E-state index in [1.807, 2.05) is 6.07 Å². The number of thioether (sulfide) groups is 1. The highest BCUT2D eigenvalue weighted by Gasteiger charge is 2.27. The van der Waals surface area contributed by atoms with Crippen molar-refractivity contribution in [1.82, 2.24) is 14.4 Å². The quantitative estimate of drug-likeness (QED) is 0.0145. The Kier molecular flexibility index (Phi) is 17.1. The van der Waals surface area contributed by atoms with E-state index in [2.05, 4.69) is 40.7 Å². The van der Waals surface area contributed by atoms with Gasteiger partial charge >= 0.3 is 0 Å². The van der Waals surface area contributed by atoms with Crippen LogP contribution < -0.4 is 4.74 Å². The van der Waals surface area contributed by atoms with Gasteiger partial charge in [-0.05, 0) is 97.5 Å². The molecule has 29 nitrogen and oxygen atoms in total. The van der Waals surface area contributed by atoms with Crippen molar-refractivity contribution in [3.63, 3.8) is 0 Å². The molecule has 0 amide bonds. The first-order valence-corrected chi connectivity index (χ1v) is 32.1. The van der Waals surface area contributed by atoms with Crippen molar-refractivity contribution in [2.45, 2.75) is 59.5 Å². The first-order chi connectivity index (χ1) is 37.9. The molecule has 0 fully saturated rings. The summed E-state index contributed by atoms with van der Waals surface area (Å²) in [5.41, 5.74) is -1.14. The Labute approximate surface area is 466 Å². The molecule has 0 saturated heterocycles. The number of fused-ring (bicyclic) bond motifs is 6. The number of aryl methyl sites for hydroxylation is 1. The van der Waals surface area contributed by atoms with Gasteiger partial charge in [-0.25, -0.2) is 9.97 Å². The van der Waals surface area contributed by atoms with E-state index in [0.717, 1.165) is 51.8 Å². The average molecular weight is 1250 g/mol. The Morgan fingerprint density at radius 3 is 1.99 bits per heavy atom. The summed E-state index contributed by atoms with van der Waals surface area (Å²) in [4.78, 5) is 6.81. The van der Waals surface area contributed by atoms with Crippen LogP contribution in [0.15, 0.2) is 111 Å². The van der Waals surface area contributed by atoms with E-state index in [4.69, 9.17) is 4.74 Å². The van der Waals surface area contributed by atoms with Crippen LogP contribution in [-0.2, 0) is 63.8 Å². The molecular weight excluding hydrogens is 1210 g/mol. The molecule has 81 heavy (non-hydrogen) atoms. The van der Waals surface area contributed by atoms with Crippen LogP contribution in [0.4, 0.5) is 33.6 Å². The van der Waals surface area contributed by atoms with E-state index in [-0.39, 0.29) is 129 Å². The van der Waals surface area contributed by atoms with Crippen molar-refractivity contribution >= 4 is 145 Å². The van der Waals surface area contributed by atoms with Gasteiger partial charge in [-0.1, -0.05) is 17.4 Å². The lowest BCUT2D eigenvalue weighted by molar-refractivity contribution is 0.281. The van der Waals surface area contributed by atoms with Gasteiger partial charge < -0.3 is 20.1 Å². The predicted molar refractivity (Wildman–Crippen MR) is 291 cm³/mol. The molecule has 0 atom stereocenters. The van der Waals surface area contributed by atoms with Crippen LogP contribution in [0.3, 0.4) is 0 Å². The maximum absolute atomic E-state index is 12.5. The van der Waals surface area contributed by atoms with Crippen molar-refractivity contribution < 1.29 is 84.9 Å². The normalized spacial score (nSPS) is 13.1. The van der Waals surface area contributed by atoms with Crippen LogP contribution in [0.1, 0.15) is 40.7 Å². The molecule has 0 aliphatic rings. The van der Waals surface area contributed by atoms with Gasteiger partial charge in [-0.15, -0.1) is 37.3 Å². The first-order valence-electron chi connectivity index (χ1n) is 22.7. The molecule has 36 heteroatoms. The zero-order chi connectivity index (χ0) is 59.1. The molecule has 5 aromatic carbocycles. The van der Waals surface area contributed by atoms with Gasteiger partial charge in [-0.2, -0.15) is 52.5 Å². The lowest BCUT2D eigenvalue weighted by Gasteiger charge is -2.12. The third-order valence-electron chi connectivity index (χ3n) is 11.7. The Bertz CT molecular complexity index is 4660. The van der Waals surface area contributed by atoms with E-state index in [0.29, 0.717) is 5.56 Å². The van der Waals surface area contributed by atoms with Gasteiger partial charge in [-0.3, -0.25) is 27.2 Å². The van der Waals surface area contributed by atoms with Gasteiger partial charge in [0.2, 0.25) is 11.0 Å². The fraction of sp³-hybridized carbons (Fsp3) is 0.222. The number of nitriles is 1. The van der Waals surface area contributed by atoms with Crippen molar-refractivity contribution in [2.75, 3.05) is 23.9 Å². The van der Waals surface area contributed by atoms with Gasteiger partial charge in [0.15, 0.2) is 11.3 Å². The maximum atomic E-state index is 12.5. The molecule has 0 unspecified atom stereocenters. The number of pyridine rings is 1. The SMILES string of the molecule is Cc1cc(N=Nc2c(C)c(C#N)c3nc4c(S(=O)(=O)O)cc(CO)cc4n3c2O)c(OCCCS(=O)(=O)O)cc1N=Nc1cc(CO)c(N=Nc2nc3c(S(=O)(=O)O)cc4ccc(S(=O)(=O)O)cc4c3s2)cc1SCCCS(=O)(=O)O. The number of nitrogens with zero attached hydrogens (tertiary/aromatic N) is 10. The van der Waals surface area contributed by atoms with Crippen molar-refractivity contribution in [1.29, 1.82) is 5.26 Å². The molecule has 8 aromatic rings. The lowest BCUT2D eigenvalue weighted by Crippen LogP contribution is -2.08. The van der Waals surface area contributed by atoms with Gasteiger partial charge in [0.25, 0.3) is 50.6 Å². The highest BCUT2D eigenvalue weighted by Crippen LogP contribution is 2.45. The van der Waals surface area contributed by atoms with Crippen LogP contribution >= 0.6 is 23.1 Å². The van der Waals surface area contributed by atoms with Crippen molar-refractivity contribution in [3.8, 4) is 17.7 Å². The zero-order valence-corrected chi connectivity index (χ0v) is 47.0. The van der Waals surface area contributed by atoms with Crippen molar-refractivity contribution in [2.24, 2.45) is 30.7 Å². The molecule has 426 valence electrons. The molecule has 3 heterocycles. The molecule has 3 aromatic heterocycles. The molecular formula is C45H40N10O19S7. The van der Waals surface area contributed by atoms with E-state index in [1.54, 1.807) is 6.92 Å². The number of aliphatic hydroxyl groups excluding tert-OH is 2. The maximum Gasteiger partial charge on any atom is 0.296 e. The van der Waals surface area contributed by atoms with E-state index < -0.39 is 95.9 Å². The molecule has 0 saturated carbocycles. The molecule has 0 radical (unpaired) electrons. The van der Waals surface area contributed by atoms with Crippen LogP contribution in [0.25, 0.3) is 37.7 Å². The number of azo groups is 3. The number of benzene rings is 5. The second-order valence-electron chi connectivity index (χ2n) is 17.3. The summed E-state index contributed by atoms with van der Waals surface area (Å²) in [5, 5.41) is 68.1. The fourth-order valence-electron chi connectivity index (χ4n) is 7.94. The Morgan fingerprint density at radius 2 is 1.35 bits per heavy atom. The van der Waals surface area contributed by atoms with Crippen molar-refractivity contribution in [3.05, 3.63) is 88.5 Å². The van der Waals surface area contributed by atoms with Crippen LogP contribution in [0, 0.1) is 25.2 Å². The van der Waals surface area contributed by atoms with Gasteiger partial charge in [0.1, 0.15) is 43.9 Å². The monoisotopic (exact) mass is 1250 g/mol. The summed E-state index contributed by atoms with van der Waals surface area (Å²) in [6.07, 6.45) is -0.300. The Morgan fingerprint density at radius 1 is 0.691 bits per heavy atom. The Balaban J connectivity index is 1.20. The number of thiazole rings is 1. The third kappa shape index (κ3) is 13.5. The summed E-state index contributed by atoms with van der Waals surface area (Å²) in [5.74, 6) is -2.10. The standard InChI is InChI=1S/C45H40N10O19S7/c1-22-11-32(51-53-39-23(2)29(19-46)43-47-40-34(55(43)44(39)58)12-24(20-56)13-37(40)80(68,69)70)35(74-7-3-9-77(59,60)61)17-30(22)49-52-33-14-26(21-57)31(18-36(33)75-8-4-10-78(62,63)64)50-54-45-48-41-38(81(71,72)73)15-25-5-6-27(79(65,66)67)16-28(25)42(41)76-45/h5-6,11-18,56-58H,3-4,7-10,20-21H2,1-2H3,(H,59,60,61)(H,62,63,64)(H,65,66,67)(H,68,69,70)(H,71,72,73). The number of hydrogen-bond donors (Lipinski definition) is 8. The molecule has 0 aliphatic heterocycles. The fourth-order valence-corrected chi connectivity index (χ4v) is 12.9. The largest absolute Gasteiger partial charge is 0.493 e. The van der Waals surface area contributed by atoms with Gasteiger partial charge in [0, 0.05) is 27.5 Å². The highest BCUT2D eigenvalue weighted by molar-refractivity contribution is 7.99. The summed E-state index contributed by atoms with van der Waals surface area (Å²) in [7, 11) is -23.4. The number of aromatic hydroxyl groups is 1. The average Bonchev–Trinajstić information content (AvgIpc) is 4.13. The minimum absolute atomic E-state index is 0.00961. The smallest absolute Gasteiger partial charge is 0.296 e. The summed E-state index contributed by atoms with van der Waals surface area (Å²) >= 11 is 1.76. The number of imidazole rings is 1. The number of ether oxygens (including phenoxy) is 1. The number of aromatic nitrogens is 3. The van der Waals surface area contributed by atoms with E-state index in [9.17, 15) is 85.4 Å². The second-order valence-corrected chi connectivity index (χ2v) is 26.8. The van der Waals surface area contributed by atoms with E-state index in [1.165, 1.54) is 43.3 Å². The van der Waals surface area contributed by atoms with Crippen LogP contribution in [0.2, 0.25) is 0 Å². The van der Waals surface area contributed by atoms with E-state index >= 15 is 0 Å². The molecule has 0 spiro atoms. The van der Waals surface area contributed by atoms with Crippen LogP contribution in [-0.4, -0.2) is 118 Å². The second kappa shape index (κ2) is 23.0. The third-order valence-corrected chi connectivity index (χ3v) is 18.0. The minimum Gasteiger partial charge on any atom is -0.493 e. The lowest BCUT2D eigenvalue weighted by atomic mass is 10.1. The zero-order valence-electron chi connectivity index (χ0n) is 41.3. The number of hydrogen-bond acceptors (Lipinski definition) is 25. The Hall–Kier alpha value is -7.09. The summed E-state index contributed by atoms with van der Waals surface area (Å²) in [6.45, 7) is 1.20. The molecule has 0 bridgehead atoms. The molecule has 8 rings (SSSR count). The topological polar surface area (TPSA) is 470 Å². The van der Waals surface area contributed by atoms with Gasteiger partial charge in [0.05, 0.1) is 63.5 Å². The number of aliphatic hydroxyl groups is 2. The predicted octanol–water partition coefficient (Wildman–Crippen LogP) is 8.44. The first kappa shape index (κ1) is 60.0. The molecule has 8 N–H and O–H groups in total. The minimum atomic E-state index is -4.95. The summed E-state index contributed by atoms with van der Waals surface area (Å²) in [6, 6.07) is 14.0. The highest BCUT2D eigenvalue weighted by atomic mass is 32.2. The molecule has 0 aliphatic carbocycles. The summed E-state index contributed by atoms with van der Waals surface area (Å²) < 4.78 is 175. The van der Waals surface area contributed by atoms with Crippen LogP contribution in [0.5, 0.6) is 11.6 Å². The number of rotatable bonds is 21.